The number of benzene rings is 1. The van der Waals surface area contributed by atoms with Crippen LogP contribution in [0.4, 0.5) is 11.8 Å². The third-order valence-corrected chi connectivity index (χ3v) is 4.78. The molecule has 9 nitrogen and oxygen atoms in total. The molecule has 1 aliphatic rings. The number of ether oxygens (including phenoxy) is 2. The molecule has 1 aromatic heterocycles. The largest absolute Gasteiger partial charge is 0.493 e. The minimum Gasteiger partial charge on any atom is -0.493 e. The molecule has 0 bridgehead atoms. The maximum absolute atomic E-state index is 12.2. The van der Waals surface area contributed by atoms with Crippen molar-refractivity contribution in [3.05, 3.63) is 12.1 Å². The minimum absolute atomic E-state index is 0. The standard InChI is InChI=1S/C19H25N5O4.ClH/c1-4-5-14(25)18(26)23-6-8-24(9-7-23)19-21-13-11-16(28-3)15(27-2)10-12(13)17(20)22-19;/h10-11H,4-9H2,1-3H3,(H2,20,21,22);1H. The summed E-state index contributed by atoms with van der Waals surface area (Å²) in [4.78, 5) is 36.6. The van der Waals surface area contributed by atoms with Crippen molar-refractivity contribution in [1.29, 1.82) is 0 Å². The highest BCUT2D eigenvalue weighted by Gasteiger charge is 2.26. The van der Waals surface area contributed by atoms with Crippen LogP contribution < -0.4 is 20.1 Å². The molecule has 0 saturated carbocycles. The number of fused-ring (bicyclic) bond motifs is 1. The van der Waals surface area contributed by atoms with Crippen LogP contribution in [0.15, 0.2) is 12.1 Å². The summed E-state index contributed by atoms with van der Waals surface area (Å²) in [5, 5.41) is 0.681. The number of nitrogens with two attached hydrogens (primary N) is 1. The molecule has 1 aliphatic heterocycles. The van der Waals surface area contributed by atoms with Gasteiger partial charge in [0, 0.05) is 44.1 Å². The van der Waals surface area contributed by atoms with Crippen LogP contribution in [0.1, 0.15) is 19.8 Å². The quantitative estimate of drug-likeness (QED) is 0.698. The molecule has 0 unspecified atom stereocenters. The molecule has 29 heavy (non-hydrogen) atoms. The highest BCUT2D eigenvalue weighted by Crippen LogP contribution is 2.34. The Balaban J connectivity index is 0.00000300. The van der Waals surface area contributed by atoms with E-state index in [0.717, 1.165) is 0 Å². The van der Waals surface area contributed by atoms with Crippen molar-refractivity contribution in [2.45, 2.75) is 19.8 Å². The molecule has 1 fully saturated rings. The molecule has 0 aliphatic carbocycles. The van der Waals surface area contributed by atoms with Crippen molar-refractivity contribution in [2.75, 3.05) is 51.0 Å². The number of methoxy groups -OCH3 is 2. The molecule has 0 atom stereocenters. The van der Waals surface area contributed by atoms with Gasteiger partial charge in [-0.15, -0.1) is 12.4 Å². The topological polar surface area (TPSA) is 111 Å². The number of aromatic nitrogens is 2. The molecule has 1 saturated heterocycles. The van der Waals surface area contributed by atoms with E-state index < -0.39 is 5.91 Å². The van der Waals surface area contributed by atoms with E-state index in [1.165, 1.54) is 0 Å². The number of piperazine rings is 1. The number of halogens is 1. The van der Waals surface area contributed by atoms with Crippen LogP contribution in [0, 0.1) is 0 Å². The van der Waals surface area contributed by atoms with E-state index >= 15 is 0 Å². The van der Waals surface area contributed by atoms with Gasteiger partial charge in [0.2, 0.25) is 11.7 Å². The van der Waals surface area contributed by atoms with Crippen LogP contribution in [-0.4, -0.2) is 67.0 Å². The second kappa shape index (κ2) is 9.60. The number of carbonyl (C=O) groups excluding carboxylic acids is 2. The van der Waals surface area contributed by atoms with Crippen molar-refractivity contribution in [3.8, 4) is 11.5 Å². The molecule has 2 heterocycles. The van der Waals surface area contributed by atoms with E-state index in [2.05, 4.69) is 9.97 Å². The highest BCUT2D eigenvalue weighted by atomic mass is 35.5. The first-order chi connectivity index (χ1) is 13.5. The Morgan fingerprint density at radius 2 is 1.69 bits per heavy atom. The summed E-state index contributed by atoms with van der Waals surface area (Å²) in [5.74, 6) is 1.22. The fourth-order valence-electron chi connectivity index (χ4n) is 3.23. The Kier molecular flexibility index (Phi) is 7.44. The summed E-state index contributed by atoms with van der Waals surface area (Å²) in [6.45, 7) is 3.84. The molecule has 1 amide bonds. The summed E-state index contributed by atoms with van der Waals surface area (Å²) in [5.41, 5.74) is 6.79. The molecule has 10 heteroatoms. The number of nitrogens with zero attached hydrogens (tertiary/aromatic N) is 4. The number of hydrogen-bond donors (Lipinski definition) is 1. The second-order valence-electron chi connectivity index (χ2n) is 6.59. The third-order valence-electron chi connectivity index (χ3n) is 4.78. The smallest absolute Gasteiger partial charge is 0.290 e. The Labute approximate surface area is 175 Å². The minimum atomic E-state index is -0.405. The number of rotatable bonds is 6. The van der Waals surface area contributed by atoms with Gasteiger partial charge in [-0.2, -0.15) is 4.98 Å². The van der Waals surface area contributed by atoms with Gasteiger partial charge >= 0.3 is 0 Å². The van der Waals surface area contributed by atoms with Crippen molar-refractivity contribution >= 4 is 46.8 Å². The van der Waals surface area contributed by atoms with E-state index in [4.69, 9.17) is 15.2 Å². The Hall–Kier alpha value is -2.81. The van der Waals surface area contributed by atoms with E-state index in [0.29, 0.717) is 66.8 Å². The Bertz CT molecular complexity index is 900. The van der Waals surface area contributed by atoms with E-state index in [9.17, 15) is 9.59 Å². The highest BCUT2D eigenvalue weighted by molar-refractivity contribution is 6.36. The van der Waals surface area contributed by atoms with Crippen molar-refractivity contribution < 1.29 is 19.1 Å². The molecule has 0 spiro atoms. The fraction of sp³-hybridized carbons (Fsp3) is 0.474. The van der Waals surface area contributed by atoms with E-state index in [1.807, 2.05) is 11.8 Å². The lowest BCUT2D eigenvalue weighted by Gasteiger charge is -2.34. The fourth-order valence-corrected chi connectivity index (χ4v) is 3.23. The average Bonchev–Trinajstić information content (AvgIpc) is 2.72. The lowest BCUT2D eigenvalue weighted by atomic mass is 10.2. The first-order valence-corrected chi connectivity index (χ1v) is 9.24. The first-order valence-electron chi connectivity index (χ1n) is 9.24. The van der Waals surface area contributed by atoms with E-state index in [1.54, 1.807) is 31.3 Å². The van der Waals surface area contributed by atoms with Gasteiger partial charge < -0.3 is 25.0 Å². The zero-order valence-corrected chi connectivity index (χ0v) is 17.6. The van der Waals surface area contributed by atoms with Crippen LogP contribution in [0.25, 0.3) is 10.9 Å². The summed E-state index contributed by atoms with van der Waals surface area (Å²) >= 11 is 0. The van der Waals surface area contributed by atoms with Crippen molar-refractivity contribution in [3.63, 3.8) is 0 Å². The zero-order chi connectivity index (χ0) is 20.3. The number of nitrogen functional groups attached to an aromatic ring is 1. The summed E-state index contributed by atoms with van der Waals surface area (Å²) in [7, 11) is 3.12. The maximum Gasteiger partial charge on any atom is 0.290 e. The molecule has 2 N–H and O–H groups in total. The average molecular weight is 424 g/mol. The molecule has 158 valence electrons. The number of amides is 1. The number of hydrogen-bond acceptors (Lipinski definition) is 8. The van der Waals surface area contributed by atoms with Crippen LogP contribution >= 0.6 is 12.4 Å². The van der Waals surface area contributed by atoms with Gasteiger partial charge in [0.15, 0.2) is 11.5 Å². The number of ketones is 1. The normalized spacial score (nSPS) is 13.8. The second-order valence-corrected chi connectivity index (χ2v) is 6.59. The van der Waals surface area contributed by atoms with Crippen LogP contribution in [-0.2, 0) is 9.59 Å². The maximum atomic E-state index is 12.2. The van der Waals surface area contributed by atoms with Crippen molar-refractivity contribution in [1.82, 2.24) is 14.9 Å². The van der Waals surface area contributed by atoms with Gasteiger partial charge in [0.25, 0.3) is 5.91 Å². The molecule has 0 radical (unpaired) electrons. The number of carbonyl (C=O) groups is 2. The molecular weight excluding hydrogens is 398 g/mol. The van der Waals surface area contributed by atoms with Gasteiger partial charge in [0.1, 0.15) is 5.82 Å². The van der Waals surface area contributed by atoms with Gasteiger partial charge in [-0.3, -0.25) is 9.59 Å². The first kappa shape index (κ1) is 22.5. The van der Waals surface area contributed by atoms with Crippen molar-refractivity contribution in [2.24, 2.45) is 0 Å². The molecule has 2 aromatic rings. The van der Waals surface area contributed by atoms with Crippen LogP contribution in [0.2, 0.25) is 0 Å². The van der Waals surface area contributed by atoms with Gasteiger partial charge in [-0.05, 0) is 12.5 Å². The molecule has 1 aromatic carbocycles. The predicted octanol–water partition coefficient (Wildman–Crippen LogP) is 1.67. The predicted molar refractivity (Wildman–Crippen MR) is 113 cm³/mol. The lowest BCUT2D eigenvalue weighted by Crippen LogP contribution is -2.51. The Morgan fingerprint density at radius 1 is 1.07 bits per heavy atom. The van der Waals surface area contributed by atoms with Crippen LogP contribution in [0.5, 0.6) is 11.5 Å². The SMILES string of the molecule is CCCC(=O)C(=O)N1CCN(c2nc(N)c3cc(OC)c(OC)cc3n2)CC1.Cl. The van der Waals surface area contributed by atoms with Crippen LogP contribution in [0.3, 0.4) is 0 Å². The Morgan fingerprint density at radius 3 is 2.28 bits per heavy atom. The zero-order valence-electron chi connectivity index (χ0n) is 16.8. The molecular formula is C19H26ClN5O4. The summed E-state index contributed by atoms with van der Waals surface area (Å²) in [6, 6.07) is 3.52. The van der Waals surface area contributed by atoms with Gasteiger partial charge in [-0.25, -0.2) is 4.98 Å². The number of Topliss-reactive ketones (excluding diaryl/α,β-unsaturated/α-hetero) is 1. The lowest BCUT2D eigenvalue weighted by molar-refractivity contribution is -0.144. The van der Waals surface area contributed by atoms with Gasteiger partial charge in [0.05, 0.1) is 19.7 Å². The summed E-state index contributed by atoms with van der Waals surface area (Å²) < 4.78 is 10.6. The molecule has 3 rings (SSSR count). The number of anilines is 2. The van der Waals surface area contributed by atoms with Gasteiger partial charge in [-0.1, -0.05) is 6.92 Å². The summed E-state index contributed by atoms with van der Waals surface area (Å²) in [6.07, 6.45) is 0.956. The third kappa shape index (κ3) is 4.61. The monoisotopic (exact) mass is 423 g/mol. The van der Waals surface area contributed by atoms with E-state index in [-0.39, 0.29) is 24.6 Å².